The summed E-state index contributed by atoms with van der Waals surface area (Å²) in [6.45, 7) is 0. The van der Waals surface area contributed by atoms with Crippen LogP contribution in [0.1, 0.15) is 21.6 Å². The lowest BCUT2D eigenvalue weighted by Gasteiger charge is -2.05. The third-order valence-electron chi connectivity index (χ3n) is 3.70. The van der Waals surface area contributed by atoms with Crippen LogP contribution in [0.5, 0.6) is 0 Å². The van der Waals surface area contributed by atoms with Crippen molar-refractivity contribution in [3.8, 4) is 5.69 Å². The molecular weight excluding hydrogens is 316 g/mol. The van der Waals surface area contributed by atoms with Gasteiger partial charge in [-0.05, 0) is 24.3 Å². The molecule has 0 aliphatic carbocycles. The molecule has 1 aromatic heterocycles. The van der Waals surface area contributed by atoms with Crippen molar-refractivity contribution in [1.29, 1.82) is 0 Å². The highest BCUT2D eigenvalue weighted by Crippen LogP contribution is 2.20. The van der Waals surface area contributed by atoms with E-state index in [0.717, 1.165) is 5.69 Å². The van der Waals surface area contributed by atoms with E-state index in [0.29, 0.717) is 16.8 Å². The van der Waals surface area contributed by atoms with Crippen LogP contribution in [-0.2, 0) is 4.79 Å². The molecule has 0 unspecified atom stereocenters. The Kier molecular flexibility index (Phi) is 4.87. The van der Waals surface area contributed by atoms with E-state index in [2.05, 4.69) is 0 Å². The molecule has 0 fully saturated rings. The van der Waals surface area contributed by atoms with Gasteiger partial charge in [0.25, 0.3) is 5.91 Å². The largest absolute Gasteiger partial charge is 0.316 e. The first-order chi connectivity index (χ1) is 12.2. The number of rotatable bonds is 5. The number of nitrogens with zero attached hydrogens (tertiary/aromatic N) is 1. The summed E-state index contributed by atoms with van der Waals surface area (Å²) in [5.41, 5.74) is 4.16. The van der Waals surface area contributed by atoms with Crippen LogP contribution in [0, 0.1) is 0 Å². The maximum atomic E-state index is 12.7. The van der Waals surface area contributed by atoms with Crippen LogP contribution in [0.2, 0.25) is 0 Å². The quantitative estimate of drug-likeness (QED) is 0.326. The summed E-state index contributed by atoms with van der Waals surface area (Å²) in [7, 11) is 0. The van der Waals surface area contributed by atoms with Gasteiger partial charge in [0.15, 0.2) is 5.78 Å². The number of carbonyl (C=O) groups excluding carboxylic acids is 2. The Bertz CT molecular complexity index is 913. The van der Waals surface area contributed by atoms with Gasteiger partial charge < -0.3 is 4.57 Å². The lowest BCUT2D eigenvalue weighted by Crippen LogP contribution is -2.14. The summed E-state index contributed by atoms with van der Waals surface area (Å²) < 4.78 is 1.82. The second-order valence-electron chi connectivity index (χ2n) is 5.36. The fraction of sp³-hybridized carbons (Fsp3) is 0. The summed E-state index contributed by atoms with van der Waals surface area (Å²) in [6, 6.07) is 20.2. The maximum Gasteiger partial charge on any atom is 0.267 e. The molecule has 0 saturated heterocycles. The van der Waals surface area contributed by atoms with Gasteiger partial charge in [-0.3, -0.25) is 14.8 Å². The van der Waals surface area contributed by atoms with Crippen molar-refractivity contribution in [2.75, 3.05) is 0 Å². The highest BCUT2D eigenvalue weighted by Gasteiger charge is 2.14. The predicted octanol–water partition coefficient (Wildman–Crippen LogP) is 3.23. The Labute approximate surface area is 144 Å². The van der Waals surface area contributed by atoms with Crippen molar-refractivity contribution in [2.24, 2.45) is 0 Å². The molecule has 25 heavy (non-hydrogen) atoms. The monoisotopic (exact) mass is 332 g/mol. The third-order valence-corrected chi connectivity index (χ3v) is 3.70. The average molecular weight is 332 g/mol. The normalized spacial score (nSPS) is 10.8. The average Bonchev–Trinajstić information content (AvgIpc) is 3.11. The third kappa shape index (κ3) is 3.73. The number of para-hydroxylation sites is 1. The zero-order valence-corrected chi connectivity index (χ0v) is 13.3. The molecular formula is C20H16N2O3. The fourth-order valence-corrected chi connectivity index (χ4v) is 2.50. The van der Waals surface area contributed by atoms with E-state index >= 15 is 0 Å². The summed E-state index contributed by atoms with van der Waals surface area (Å²) in [5.74, 6) is -0.742. The zero-order chi connectivity index (χ0) is 17.6. The van der Waals surface area contributed by atoms with Gasteiger partial charge in [0.1, 0.15) is 0 Å². The molecule has 0 spiro atoms. The van der Waals surface area contributed by atoms with Gasteiger partial charge in [-0.15, -0.1) is 0 Å². The smallest absolute Gasteiger partial charge is 0.267 e. The van der Waals surface area contributed by atoms with Crippen molar-refractivity contribution in [1.82, 2.24) is 10.0 Å². The van der Waals surface area contributed by atoms with Crippen LogP contribution in [0.25, 0.3) is 11.8 Å². The molecule has 1 heterocycles. The molecule has 0 saturated carbocycles. The number of benzene rings is 2. The predicted molar refractivity (Wildman–Crippen MR) is 94.6 cm³/mol. The number of amides is 1. The van der Waals surface area contributed by atoms with Crippen molar-refractivity contribution < 1.29 is 14.8 Å². The topological polar surface area (TPSA) is 71.3 Å². The van der Waals surface area contributed by atoms with Crippen molar-refractivity contribution in [3.63, 3.8) is 0 Å². The van der Waals surface area contributed by atoms with Gasteiger partial charge >= 0.3 is 0 Å². The molecule has 0 aliphatic rings. The minimum absolute atomic E-state index is 0.100. The van der Waals surface area contributed by atoms with E-state index in [1.165, 1.54) is 6.08 Å². The molecule has 0 radical (unpaired) electrons. The van der Waals surface area contributed by atoms with Gasteiger partial charge in [-0.1, -0.05) is 48.5 Å². The molecule has 124 valence electrons. The minimum atomic E-state index is -0.642. The lowest BCUT2D eigenvalue weighted by atomic mass is 10.1. The number of carbonyl (C=O) groups is 2. The standard InChI is InChI=1S/C20H16N2O3/c23-19(21-25)12-11-18-13-16(20(24)15-7-3-1-4-8-15)14-22(18)17-9-5-2-6-10-17/h1-14,25H,(H,21,23)/b12-11+. The number of hydrogen-bond donors (Lipinski definition) is 2. The van der Waals surface area contributed by atoms with Gasteiger partial charge in [-0.25, -0.2) is 5.48 Å². The first-order valence-electron chi connectivity index (χ1n) is 7.69. The van der Waals surface area contributed by atoms with E-state index in [1.807, 2.05) is 53.1 Å². The first kappa shape index (κ1) is 16.4. The SMILES string of the molecule is O=C(/C=C/c1cc(C(=O)c2ccccc2)cn1-c1ccccc1)NO. The molecule has 0 bridgehead atoms. The Morgan fingerprint density at radius 3 is 2.20 bits per heavy atom. The second-order valence-corrected chi connectivity index (χ2v) is 5.36. The molecule has 5 nitrogen and oxygen atoms in total. The zero-order valence-electron chi connectivity index (χ0n) is 13.3. The van der Waals surface area contributed by atoms with Gasteiger partial charge in [0, 0.05) is 34.8 Å². The number of nitrogens with one attached hydrogen (secondary N) is 1. The maximum absolute atomic E-state index is 12.7. The van der Waals surface area contributed by atoms with Crippen LogP contribution in [0.15, 0.2) is 79.0 Å². The van der Waals surface area contributed by atoms with E-state index < -0.39 is 5.91 Å². The highest BCUT2D eigenvalue weighted by molar-refractivity contribution is 6.09. The number of aromatic nitrogens is 1. The second kappa shape index (κ2) is 7.42. The molecule has 2 N–H and O–H groups in total. The fourth-order valence-electron chi connectivity index (χ4n) is 2.50. The highest BCUT2D eigenvalue weighted by atomic mass is 16.5. The van der Waals surface area contributed by atoms with Crippen molar-refractivity contribution in [3.05, 3.63) is 95.8 Å². The van der Waals surface area contributed by atoms with Crippen LogP contribution >= 0.6 is 0 Å². The first-order valence-corrected chi connectivity index (χ1v) is 7.69. The van der Waals surface area contributed by atoms with E-state index in [9.17, 15) is 9.59 Å². The van der Waals surface area contributed by atoms with Crippen LogP contribution in [0.3, 0.4) is 0 Å². The minimum Gasteiger partial charge on any atom is -0.316 e. The van der Waals surface area contributed by atoms with Gasteiger partial charge in [0.2, 0.25) is 0 Å². The molecule has 3 rings (SSSR count). The number of ketones is 1. The lowest BCUT2D eigenvalue weighted by molar-refractivity contribution is -0.124. The van der Waals surface area contributed by atoms with Crippen molar-refractivity contribution >= 4 is 17.8 Å². The van der Waals surface area contributed by atoms with E-state index in [4.69, 9.17) is 5.21 Å². The van der Waals surface area contributed by atoms with E-state index in [1.54, 1.807) is 36.0 Å². The van der Waals surface area contributed by atoms with Gasteiger partial charge in [0.05, 0.1) is 0 Å². The van der Waals surface area contributed by atoms with Gasteiger partial charge in [-0.2, -0.15) is 0 Å². The Morgan fingerprint density at radius 1 is 0.920 bits per heavy atom. The van der Waals surface area contributed by atoms with E-state index in [-0.39, 0.29) is 5.78 Å². The number of hydrogen-bond acceptors (Lipinski definition) is 3. The molecule has 0 aliphatic heterocycles. The molecule has 2 aromatic carbocycles. The molecule has 3 aromatic rings. The molecule has 0 atom stereocenters. The Balaban J connectivity index is 2.04. The molecule has 1 amide bonds. The summed E-state index contributed by atoms with van der Waals surface area (Å²) in [4.78, 5) is 24.0. The molecule has 5 heteroatoms. The van der Waals surface area contributed by atoms with Crippen LogP contribution in [0.4, 0.5) is 0 Å². The van der Waals surface area contributed by atoms with Crippen LogP contribution in [-0.4, -0.2) is 21.5 Å². The summed E-state index contributed by atoms with van der Waals surface area (Å²) >= 11 is 0. The summed E-state index contributed by atoms with van der Waals surface area (Å²) in [5, 5.41) is 8.63. The Hall–Kier alpha value is -3.44. The van der Waals surface area contributed by atoms with Crippen molar-refractivity contribution in [2.45, 2.75) is 0 Å². The summed E-state index contributed by atoms with van der Waals surface area (Å²) in [6.07, 6.45) is 4.48. The number of hydroxylamine groups is 1. The van der Waals surface area contributed by atoms with Crippen LogP contribution < -0.4 is 5.48 Å². The Morgan fingerprint density at radius 2 is 1.56 bits per heavy atom.